The highest BCUT2D eigenvalue weighted by atomic mass is 32.1. The van der Waals surface area contributed by atoms with E-state index in [1.165, 1.54) is 46.9 Å². The largest absolute Gasteiger partial charge is 0.491 e. The second kappa shape index (κ2) is 12.5. The van der Waals surface area contributed by atoms with E-state index in [1.807, 2.05) is 24.3 Å². The van der Waals surface area contributed by atoms with E-state index in [0.29, 0.717) is 34.4 Å². The van der Waals surface area contributed by atoms with Crippen molar-refractivity contribution < 1.29 is 28.8 Å². The maximum atomic E-state index is 14.3. The summed E-state index contributed by atoms with van der Waals surface area (Å²) in [6.07, 6.45) is 5.90. The Morgan fingerprint density at radius 2 is 1.82 bits per heavy atom. The zero-order valence-electron chi connectivity index (χ0n) is 25.7. The number of aliphatic carboxylic acids is 1. The zero-order valence-corrected chi connectivity index (χ0v) is 26.5. The van der Waals surface area contributed by atoms with Crippen LogP contribution in [0.2, 0.25) is 0 Å². The number of thiophene rings is 1. The first-order chi connectivity index (χ1) is 21.6. The lowest BCUT2D eigenvalue weighted by atomic mass is 10.0. The molecular formula is C31H37N5O8S. The molecule has 0 spiro atoms. The van der Waals surface area contributed by atoms with E-state index in [2.05, 4.69) is 10.2 Å². The topological polar surface area (TPSA) is 149 Å². The number of para-hydroxylation sites is 1. The van der Waals surface area contributed by atoms with Crippen LogP contribution < -0.4 is 16.0 Å². The number of hydrogen-bond donors (Lipinski definition) is 1. The molecular weight excluding hydrogens is 602 g/mol. The maximum absolute atomic E-state index is 14.3. The van der Waals surface area contributed by atoms with Gasteiger partial charge in [0.05, 0.1) is 49.2 Å². The van der Waals surface area contributed by atoms with Crippen molar-refractivity contribution in [3.63, 3.8) is 0 Å². The SMILES string of the molecule is COCCOc1ccccc1[C@H](Cn1c(=O)n(C(C)(C)C(=O)O)c(=O)c2c(C)c(-n3nccn3)sc21)OC1C[C@H]2CC[C@@H](C1)O2. The van der Waals surface area contributed by atoms with Crippen LogP contribution in [0.1, 0.15) is 56.8 Å². The summed E-state index contributed by atoms with van der Waals surface area (Å²) in [7, 11) is 1.60. The van der Waals surface area contributed by atoms with E-state index in [-0.39, 0.29) is 30.2 Å². The number of fused-ring (bicyclic) bond motifs is 3. The van der Waals surface area contributed by atoms with Crippen LogP contribution in [-0.2, 0) is 31.1 Å². The molecule has 0 radical (unpaired) electrons. The normalized spacial score (nSPS) is 20.5. The molecule has 6 rings (SSSR count). The molecule has 2 bridgehead atoms. The molecule has 0 aliphatic carbocycles. The van der Waals surface area contributed by atoms with Crippen molar-refractivity contribution in [1.82, 2.24) is 24.1 Å². The van der Waals surface area contributed by atoms with Gasteiger partial charge in [0.15, 0.2) is 0 Å². The fourth-order valence-electron chi connectivity index (χ4n) is 6.24. The molecule has 1 unspecified atom stereocenters. The van der Waals surface area contributed by atoms with Crippen LogP contribution in [0.5, 0.6) is 5.75 Å². The Bertz CT molecular complexity index is 1800. The highest BCUT2D eigenvalue weighted by Crippen LogP contribution is 2.39. The molecule has 2 fully saturated rings. The summed E-state index contributed by atoms with van der Waals surface area (Å²) in [6, 6.07) is 7.49. The van der Waals surface area contributed by atoms with Crippen molar-refractivity contribution in [2.45, 2.75) is 83.0 Å². The molecule has 13 nitrogen and oxygen atoms in total. The lowest BCUT2D eigenvalue weighted by Crippen LogP contribution is -2.52. The van der Waals surface area contributed by atoms with Crippen LogP contribution in [0, 0.1) is 6.92 Å². The first-order valence-corrected chi connectivity index (χ1v) is 15.8. The smallest absolute Gasteiger partial charge is 0.333 e. The Balaban J connectivity index is 1.53. The molecule has 4 aromatic rings. The van der Waals surface area contributed by atoms with E-state index >= 15 is 0 Å². The fourth-order valence-corrected chi connectivity index (χ4v) is 7.46. The standard InChI is InChI=1S/C31H37N5O8S/c1-18-25-26(37)35(31(2,3)29(38)39)30(40)34(28(25)45-27(18)36-32-11-12-33-36)17-24(44-21-15-19-9-10-20(16-21)43-19)22-7-5-6-8-23(22)42-14-13-41-4/h5-8,11-12,19-21,24H,9-10,13-17H2,1-4H3,(H,38,39)/t19-,20+,21?,24-/m0/s1. The Kier molecular flexibility index (Phi) is 8.66. The summed E-state index contributed by atoms with van der Waals surface area (Å²) in [5.41, 5.74) is -2.00. The van der Waals surface area contributed by atoms with Crippen molar-refractivity contribution in [2.75, 3.05) is 20.3 Å². The van der Waals surface area contributed by atoms with Gasteiger partial charge in [0.1, 0.15) is 33.8 Å². The number of benzene rings is 1. The van der Waals surface area contributed by atoms with Gasteiger partial charge < -0.3 is 24.1 Å². The number of ether oxygens (including phenoxy) is 4. The number of rotatable bonds is 12. The number of aromatic nitrogens is 5. The maximum Gasteiger partial charge on any atom is 0.333 e. The highest BCUT2D eigenvalue weighted by Gasteiger charge is 2.39. The zero-order chi connectivity index (χ0) is 31.9. The van der Waals surface area contributed by atoms with Crippen molar-refractivity contribution in [1.29, 1.82) is 0 Å². The molecule has 1 N–H and O–H groups in total. The van der Waals surface area contributed by atoms with Crippen molar-refractivity contribution in [3.05, 3.63) is 68.6 Å². The lowest BCUT2D eigenvalue weighted by molar-refractivity contribution is -0.146. The molecule has 2 aliphatic heterocycles. The average Bonchev–Trinajstić information content (AvgIpc) is 3.74. The molecule has 240 valence electrons. The first-order valence-electron chi connectivity index (χ1n) is 15.0. The minimum Gasteiger partial charge on any atom is -0.491 e. The lowest BCUT2D eigenvalue weighted by Gasteiger charge is -2.33. The minimum absolute atomic E-state index is 0.00537. The summed E-state index contributed by atoms with van der Waals surface area (Å²) in [4.78, 5) is 42.5. The molecule has 1 aromatic carbocycles. The van der Waals surface area contributed by atoms with Crippen LogP contribution in [-0.4, -0.2) is 73.8 Å². The van der Waals surface area contributed by atoms with Gasteiger partial charge in [-0.25, -0.2) is 14.2 Å². The van der Waals surface area contributed by atoms with Crippen molar-refractivity contribution >= 4 is 27.5 Å². The summed E-state index contributed by atoms with van der Waals surface area (Å²) in [5, 5.41) is 19.4. The van der Waals surface area contributed by atoms with Crippen LogP contribution in [0.15, 0.2) is 46.2 Å². The third kappa shape index (κ3) is 5.83. The van der Waals surface area contributed by atoms with E-state index in [0.717, 1.165) is 35.8 Å². The molecule has 2 aliphatic rings. The molecule has 2 saturated heterocycles. The Morgan fingerprint density at radius 3 is 2.49 bits per heavy atom. The summed E-state index contributed by atoms with van der Waals surface area (Å²) >= 11 is 1.20. The minimum atomic E-state index is -1.83. The predicted molar refractivity (Wildman–Crippen MR) is 166 cm³/mol. The second-order valence-corrected chi connectivity index (χ2v) is 13.0. The summed E-state index contributed by atoms with van der Waals surface area (Å²) in [5.74, 6) is -0.723. The van der Waals surface area contributed by atoms with Crippen LogP contribution in [0.4, 0.5) is 0 Å². The van der Waals surface area contributed by atoms with Gasteiger partial charge in [0, 0.05) is 18.2 Å². The monoisotopic (exact) mass is 639 g/mol. The van der Waals surface area contributed by atoms with Gasteiger partial charge in [-0.3, -0.25) is 9.36 Å². The van der Waals surface area contributed by atoms with Gasteiger partial charge in [-0.15, -0.1) is 4.80 Å². The number of carboxylic acids is 1. The van der Waals surface area contributed by atoms with Gasteiger partial charge in [-0.2, -0.15) is 10.2 Å². The van der Waals surface area contributed by atoms with E-state index in [4.69, 9.17) is 18.9 Å². The molecule has 45 heavy (non-hydrogen) atoms. The number of carboxylic acid groups (broad SMARTS) is 1. The van der Waals surface area contributed by atoms with Gasteiger partial charge >= 0.3 is 11.7 Å². The van der Waals surface area contributed by atoms with E-state index < -0.39 is 28.9 Å². The molecule has 0 amide bonds. The number of aryl methyl sites for hydroxylation is 1. The molecule has 0 saturated carbocycles. The highest BCUT2D eigenvalue weighted by molar-refractivity contribution is 7.21. The van der Waals surface area contributed by atoms with Crippen molar-refractivity contribution in [3.8, 4) is 10.8 Å². The molecule has 14 heteroatoms. The Labute approximate surface area is 262 Å². The Morgan fingerprint density at radius 1 is 1.13 bits per heavy atom. The summed E-state index contributed by atoms with van der Waals surface area (Å²) in [6.45, 7) is 5.13. The van der Waals surface area contributed by atoms with Gasteiger partial charge in [-0.05, 0) is 52.5 Å². The van der Waals surface area contributed by atoms with E-state index in [1.54, 1.807) is 14.0 Å². The number of nitrogens with zero attached hydrogens (tertiary/aromatic N) is 5. The van der Waals surface area contributed by atoms with E-state index in [9.17, 15) is 19.5 Å². The second-order valence-electron chi connectivity index (χ2n) is 12.0. The van der Waals surface area contributed by atoms with Gasteiger partial charge in [0.2, 0.25) is 0 Å². The first kappa shape index (κ1) is 31.1. The van der Waals surface area contributed by atoms with Crippen molar-refractivity contribution in [2.24, 2.45) is 0 Å². The predicted octanol–water partition coefficient (Wildman–Crippen LogP) is 3.43. The van der Waals surface area contributed by atoms with Crippen LogP contribution in [0.3, 0.4) is 0 Å². The molecule has 5 heterocycles. The molecule has 3 aromatic heterocycles. The van der Waals surface area contributed by atoms with Gasteiger partial charge in [-0.1, -0.05) is 29.5 Å². The van der Waals surface area contributed by atoms with Crippen LogP contribution >= 0.6 is 11.3 Å². The Hall–Kier alpha value is -3.85. The fraction of sp³-hybridized carbons (Fsp3) is 0.516. The quantitative estimate of drug-likeness (QED) is 0.229. The number of carbonyl (C=O) groups is 1. The third-order valence-electron chi connectivity index (χ3n) is 8.63. The molecule has 4 atom stereocenters. The van der Waals surface area contributed by atoms with Crippen LogP contribution in [0.25, 0.3) is 15.2 Å². The average molecular weight is 640 g/mol. The number of methoxy groups -OCH3 is 1. The number of hydrogen-bond acceptors (Lipinski definition) is 10. The van der Waals surface area contributed by atoms with Gasteiger partial charge in [0.25, 0.3) is 5.56 Å². The summed E-state index contributed by atoms with van der Waals surface area (Å²) < 4.78 is 26.5. The third-order valence-corrected chi connectivity index (χ3v) is 9.91.